The molecule has 1 amide bonds. The highest BCUT2D eigenvalue weighted by molar-refractivity contribution is 6.07. The normalized spacial score (nSPS) is 10.1. The Morgan fingerprint density at radius 3 is 2.30 bits per heavy atom. The maximum atomic E-state index is 12.4. The van der Waals surface area contributed by atoms with Crippen molar-refractivity contribution < 1.29 is 14.3 Å². The second-order valence-corrected chi connectivity index (χ2v) is 5.66. The molecule has 1 heterocycles. The van der Waals surface area contributed by atoms with Crippen LogP contribution in [0.3, 0.4) is 0 Å². The number of rotatable bonds is 5. The summed E-state index contributed by atoms with van der Waals surface area (Å²) < 4.78 is 4.72. The molecule has 0 spiro atoms. The van der Waals surface area contributed by atoms with E-state index in [4.69, 9.17) is 4.74 Å². The van der Waals surface area contributed by atoms with Gasteiger partial charge in [-0.3, -0.25) is 4.79 Å². The Labute approximate surface area is 156 Å². The van der Waals surface area contributed by atoms with Crippen molar-refractivity contribution in [1.82, 2.24) is 10.2 Å². The van der Waals surface area contributed by atoms with Crippen molar-refractivity contribution in [3.8, 4) is 0 Å². The lowest BCUT2D eigenvalue weighted by atomic mass is 10.1. The number of nitrogens with zero attached hydrogens (tertiary/aromatic N) is 3. The summed E-state index contributed by atoms with van der Waals surface area (Å²) >= 11 is 0. The van der Waals surface area contributed by atoms with E-state index in [0.717, 1.165) is 5.69 Å². The second-order valence-electron chi connectivity index (χ2n) is 5.66. The molecule has 0 unspecified atom stereocenters. The van der Waals surface area contributed by atoms with Crippen LogP contribution in [0.25, 0.3) is 0 Å². The number of carbonyl (C=O) groups excluding carboxylic acids is 2. The van der Waals surface area contributed by atoms with Crippen molar-refractivity contribution in [2.24, 2.45) is 0 Å². The Kier molecular flexibility index (Phi) is 5.41. The van der Waals surface area contributed by atoms with Gasteiger partial charge in [-0.25, -0.2) is 4.79 Å². The number of aromatic nitrogens is 2. The van der Waals surface area contributed by atoms with E-state index in [1.54, 1.807) is 36.4 Å². The molecule has 0 aliphatic heterocycles. The number of benzene rings is 2. The minimum Gasteiger partial charge on any atom is -0.465 e. The summed E-state index contributed by atoms with van der Waals surface area (Å²) in [5, 5.41) is 10.8. The Bertz CT molecular complexity index is 943. The predicted molar refractivity (Wildman–Crippen MR) is 102 cm³/mol. The van der Waals surface area contributed by atoms with Crippen LogP contribution in [-0.2, 0) is 4.74 Å². The van der Waals surface area contributed by atoms with E-state index >= 15 is 0 Å². The molecule has 0 atom stereocenters. The zero-order chi connectivity index (χ0) is 19.2. The van der Waals surface area contributed by atoms with Crippen molar-refractivity contribution in [3.63, 3.8) is 0 Å². The van der Waals surface area contributed by atoms with Crippen LogP contribution in [-0.4, -0.2) is 36.2 Å². The van der Waals surface area contributed by atoms with Crippen molar-refractivity contribution in [3.05, 3.63) is 78.0 Å². The number of anilines is 3. The van der Waals surface area contributed by atoms with Gasteiger partial charge in [-0.1, -0.05) is 30.3 Å². The molecule has 3 rings (SSSR count). The number of carbonyl (C=O) groups is 2. The Morgan fingerprint density at radius 1 is 0.926 bits per heavy atom. The largest absolute Gasteiger partial charge is 0.465 e. The molecule has 2 aromatic carbocycles. The first-order valence-electron chi connectivity index (χ1n) is 8.21. The van der Waals surface area contributed by atoms with E-state index in [0.29, 0.717) is 11.5 Å². The minimum absolute atomic E-state index is 0.139. The predicted octanol–water partition coefficient (Wildman–Crippen LogP) is 3.28. The molecule has 0 aliphatic carbocycles. The highest BCUT2D eigenvalue weighted by atomic mass is 16.5. The summed E-state index contributed by atoms with van der Waals surface area (Å²) in [4.78, 5) is 26.1. The topological polar surface area (TPSA) is 84.4 Å². The third-order valence-corrected chi connectivity index (χ3v) is 3.95. The summed E-state index contributed by atoms with van der Waals surface area (Å²) in [6, 6.07) is 19.6. The van der Waals surface area contributed by atoms with Crippen LogP contribution < -0.4 is 10.2 Å². The zero-order valence-electron chi connectivity index (χ0n) is 14.9. The third-order valence-electron chi connectivity index (χ3n) is 3.95. The standard InChI is InChI=1S/C20H18N4O3/c1-24(14-8-4-3-5-9-14)18-13-12-17(22-23-18)19(25)21-16-11-7-6-10-15(16)20(26)27-2/h3-13H,1-2H3,(H,21,25). The average molecular weight is 362 g/mol. The SMILES string of the molecule is COC(=O)c1ccccc1NC(=O)c1ccc(N(C)c2ccccc2)nn1. The molecule has 0 fully saturated rings. The van der Waals surface area contributed by atoms with Gasteiger partial charge in [-0.05, 0) is 36.4 Å². The first-order chi connectivity index (χ1) is 13.1. The summed E-state index contributed by atoms with van der Waals surface area (Å²) in [5.74, 6) is -0.391. The average Bonchev–Trinajstić information content (AvgIpc) is 2.73. The zero-order valence-corrected chi connectivity index (χ0v) is 14.9. The number of hydrogen-bond donors (Lipinski definition) is 1. The second kappa shape index (κ2) is 8.09. The van der Waals surface area contributed by atoms with Crippen molar-refractivity contribution in [1.29, 1.82) is 0 Å². The Balaban J connectivity index is 1.76. The number of nitrogens with one attached hydrogen (secondary N) is 1. The van der Waals surface area contributed by atoms with Crippen LogP contribution in [0, 0.1) is 0 Å². The number of para-hydroxylation sites is 2. The molecular weight excluding hydrogens is 344 g/mol. The highest BCUT2D eigenvalue weighted by Crippen LogP contribution is 2.21. The van der Waals surface area contributed by atoms with Crippen LogP contribution in [0.5, 0.6) is 0 Å². The smallest absolute Gasteiger partial charge is 0.339 e. The van der Waals surface area contributed by atoms with E-state index in [9.17, 15) is 9.59 Å². The Hall–Kier alpha value is -3.74. The maximum Gasteiger partial charge on any atom is 0.339 e. The van der Waals surface area contributed by atoms with Gasteiger partial charge in [0.15, 0.2) is 11.5 Å². The summed E-state index contributed by atoms with van der Waals surface area (Å²) in [5.41, 5.74) is 1.71. The molecule has 3 aromatic rings. The van der Waals surface area contributed by atoms with Gasteiger partial charge >= 0.3 is 5.97 Å². The van der Waals surface area contributed by atoms with Crippen LogP contribution >= 0.6 is 0 Å². The summed E-state index contributed by atoms with van der Waals surface area (Å²) in [6.07, 6.45) is 0. The van der Waals surface area contributed by atoms with Crippen LogP contribution in [0.4, 0.5) is 17.2 Å². The first-order valence-corrected chi connectivity index (χ1v) is 8.21. The monoisotopic (exact) mass is 362 g/mol. The molecule has 0 bridgehead atoms. The van der Waals surface area contributed by atoms with Gasteiger partial charge in [0.1, 0.15) is 0 Å². The number of amides is 1. The lowest BCUT2D eigenvalue weighted by Gasteiger charge is -2.17. The number of ether oxygens (including phenoxy) is 1. The lowest BCUT2D eigenvalue weighted by molar-refractivity contribution is 0.0602. The van der Waals surface area contributed by atoms with Crippen molar-refractivity contribution in [2.45, 2.75) is 0 Å². The molecular formula is C20H18N4O3. The Morgan fingerprint density at radius 2 is 1.63 bits per heavy atom. The fourth-order valence-electron chi connectivity index (χ4n) is 2.48. The van der Waals surface area contributed by atoms with E-state index < -0.39 is 11.9 Å². The minimum atomic E-state index is -0.531. The van der Waals surface area contributed by atoms with Gasteiger partial charge in [0.25, 0.3) is 5.91 Å². The molecule has 0 radical (unpaired) electrons. The third kappa shape index (κ3) is 4.09. The lowest BCUT2D eigenvalue weighted by Crippen LogP contribution is -2.18. The van der Waals surface area contributed by atoms with E-state index in [2.05, 4.69) is 15.5 Å². The fourth-order valence-corrected chi connectivity index (χ4v) is 2.48. The van der Waals surface area contributed by atoms with E-state index in [-0.39, 0.29) is 11.3 Å². The molecule has 0 aliphatic rings. The highest BCUT2D eigenvalue weighted by Gasteiger charge is 2.16. The summed E-state index contributed by atoms with van der Waals surface area (Å²) in [7, 11) is 3.15. The van der Waals surface area contributed by atoms with Gasteiger partial charge in [-0.2, -0.15) is 0 Å². The van der Waals surface area contributed by atoms with Crippen LogP contribution in [0.15, 0.2) is 66.7 Å². The molecule has 0 saturated carbocycles. The quantitative estimate of drug-likeness (QED) is 0.701. The van der Waals surface area contributed by atoms with Crippen LogP contribution in [0.2, 0.25) is 0 Å². The number of hydrogen-bond acceptors (Lipinski definition) is 6. The summed E-state index contributed by atoms with van der Waals surface area (Å²) in [6.45, 7) is 0. The molecule has 7 heteroatoms. The molecule has 0 saturated heterocycles. The molecule has 1 N–H and O–H groups in total. The van der Waals surface area contributed by atoms with Gasteiger partial charge in [-0.15, -0.1) is 10.2 Å². The van der Waals surface area contributed by atoms with Crippen molar-refractivity contribution >= 4 is 29.1 Å². The van der Waals surface area contributed by atoms with Crippen molar-refractivity contribution in [2.75, 3.05) is 24.4 Å². The number of methoxy groups -OCH3 is 1. The molecule has 7 nitrogen and oxygen atoms in total. The van der Waals surface area contributed by atoms with Gasteiger partial charge < -0.3 is 15.0 Å². The van der Waals surface area contributed by atoms with Gasteiger partial charge in [0.2, 0.25) is 0 Å². The van der Waals surface area contributed by atoms with E-state index in [1.165, 1.54) is 7.11 Å². The first kappa shape index (κ1) is 18.1. The van der Waals surface area contributed by atoms with Gasteiger partial charge in [0.05, 0.1) is 18.4 Å². The molecule has 27 heavy (non-hydrogen) atoms. The van der Waals surface area contributed by atoms with E-state index in [1.807, 2.05) is 42.3 Å². The maximum absolute atomic E-state index is 12.4. The molecule has 1 aromatic heterocycles. The van der Waals surface area contributed by atoms with Crippen LogP contribution in [0.1, 0.15) is 20.8 Å². The van der Waals surface area contributed by atoms with Gasteiger partial charge in [0, 0.05) is 12.7 Å². The number of esters is 1. The fraction of sp³-hybridized carbons (Fsp3) is 0.100. The molecule has 136 valence electrons.